The van der Waals surface area contributed by atoms with Crippen molar-refractivity contribution in [2.24, 2.45) is 0 Å². The van der Waals surface area contributed by atoms with Crippen LogP contribution in [0.5, 0.6) is 0 Å². The molecule has 0 unspecified atom stereocenters. The summed E-state index contributed by atoms with van der Waals surface area (Å²) in [4.78, 5) is 13.5. The number of anilines is 1. The van der Waals surface area contributed by atoms with E-state index in [-0.39, 0.29) is 5.91 Å². The predicted molar refractivity (Wildman–Crippen MR) is 79.3 cm³/mol. The van der Waals surface area contributed by atoms with Gasteiger partial charge in [0.05, 0.1) is 5.52 Å². The standard InChI is InChI=1S/C15H19N3O/c1-4-15(19)16-13-6-5-12-7-8-18(14(12)11-13)10-9-17(2)3/h4-8,11H,1,9-10H2,2-3H3,(H,16,19). The lowest BCUT2D eigenvalue weighted by molar-refractivity contribution is -0.111. The fraction of sp³-hybridized carbons (Fsp3) is 0.267. The Morgan fingerprint density at radius 2 is 2.21 bits per heavy atom. The number of nitrogens with one attached hydrogen (secondary N) is 1. The van der Waals surface area contributed by atoms with Crippen LogP contribution in [0.2, 0.25) is 0 Å². The molecule has 1 amide bonds. The molecule has 1 aromatic heterocycles. The molecule has 1 heterocycles. The van der Waals surface area contributed by atoms with Gasteiger partial charge in [0.15, 0.2) is 0 Å². The quantitative estimate of drug-likeness (QED) is 0.835. The lowest BCUT2D eigenvalue weighted by Crippen LogP contribution is -2.17. The molecule has 100 valence electrons. The molecule has 0 radical (unpaired) electrons. The summed E-state index contributed by atoms with van der Waals surface area (Å²) in [6, 6.07) is 8.00. The van der Waals surface area contributed by atoms with E-state index in [0.29, 0.717) is 0 Å². The normalized spacial score (nSPS) is 10.9. The van der Waals surface area contributed by atoms with Crippen LogP contribution >= 0.6 is 0 Å². The number of amides is 1. The van der Waals surface area contributed by atoms with Crippen molar-refractivity contribution in [2.75, 3.05) is 26.0 Å². The first-order chi connectivity index (χ1) is 9.10. The number of rotatable bonds is 5. The van der Waals surface area contributed by atoms with Crippen LogP contribution in [0, 0.1) is 0 Å². The Hall–Kier alpha value is -2.07. The summed E-state index contributed by atoms with van der Waals surface area (Å²) < 4.78 is 2.19. The highest BCUT2D eigenvalue weighted by molar-refractivity contribution is 6.00. The van der Waals surface area contributed by atoms with Crippen LogP contribution in [0.15, 0.2) is 43.1 Å². The second-order valence-corrected chi connectivity index (χ2v) is 4.78. The number of carbonyl (C=O) groups is 1. The predicted octanol–water partition coefficient (Wildman–Crippen LogP) is 2.33. The maximum absolute atomic E-state index is 11.3. The van der Waals surface area contributed by atoms with E-state index < -0.39 is 0 Å². The summed E-state index contributed by atoms with van der Waals surface area (Å²) in [5.41, 5.74) is 1.92. The minimum absolute atomic E-state index is 0.189. The highest BCUT2D eigenvalue weighted by Crippen LogP contribution is 2.20. The summed E-state index contributed by atoms with van der Waals surface area (Å²) in [5, 5.41) is 3.96. The molecule has 0 bridgehead atoms. The van der Waals surface area contributed by atoms with Crippen molar-refractivity contribution in [1.29, 1.82) is 0 Å². The Kier molecular flexibility index (Phi) is 4.02. The Labute approximate surface area is 113 Å². The zero-order chi connectivity index (χ0) is 13.8. The van der Waals surface area contributed by atoms with Crippen LogP contribution in [-0.4, -0.2) is 36.0 Å². The number of fused-ring (bicyclic) bond motifs is 1. The number of hydrogen-bond acceptors (Lipinski definition) is 2. The van der Waals surface area contributed by atoms with Gasteiger partial charge >= 0.3 is 0 Å². The van der Waals surface area contributed by atoms with Crippen LogP contribution in [-0.2, 0) is 11.3 Å². The lowest BCUT2D eigenvalue weighted by atomic mass is 10.2. The second kappa shape index (κ2) is 5.71. The molecule has 1 N–H and O–H groups in total. The summed E-state index contributed by atoms with van der Waals surface area (Å²) >= 11 is 0. The van der Waals surface area contributed by atoms with E-state index in [1.54, 1.807) is 0 Å². The van der Waals surface area contributed by atoms with Crippen molar-refractivity contribution in [2.45, 2.75) is 6.54 Å². The first-order valence-corrected chi connectivity index (χ1v) is 6.27. The molecular formula is C15H19N3O. The second-order valence-electron chi connectivity index (χ2n) is 4.78. The van der Waals surface area contributed by atoms with Gasteiger partial charge in [0.1, 0.15) is 0 Å². The molecule has 19 heavy (non-hydrogen) atoms. The smallest absolute Gasteiger partial charge is 0.247 e. The first kappa shape index (κ1) is 13.4. The van der Waals surface area contributed by atoms with E-state index in [0.717, 1.165) is 24.3 Å². The fourth-order valence-corrected chi connectivity index (χ4v) is 1.96. The topological polar surface area (TPSA) is 37.3 Å². The number of likely N-dealkylation sites (N-methyl/N-ethyl adjacent to an activating group) is 1. The molecular weight excluding hydrogens is 238 g/mol. The van der Waals surface area contributed by atoms with Crippen LogP contribution in [0.3, 0.4) is 0 Å². The average molecular weight is 257 g/mol. The molecule has 4 heteroatoms. The largest absolute Gasteiger partial charge is 0.346 e. The third-order valence-corrected chi connectivity index (χ3v) is 3.01. The molecule has 0 aliphatic rings. The maximum Gasteiger partial charge on any atom is 0.247 e. The van der Waals surface area contributed by atoms with Gasteiger partial charge in [-0.05, 0) is 43.8 Å². The summed E-state index contributed by atoms with van der Waals surface area (Å²) in [5.74, 6) is -0.189. The van der Waals surface area contributed by atoms with E-state index >= 15 is 0 Å². The average Bonchev–Trinajstić information content (AvgIpc) is 2.78. The van der Waals surface area contributed by atoms with E-state index in [1.807, 2.05) is 18.2 Å². The zero-order valence-corrected chi connectivity index (χ0v) is 11.4. The van der Waals surface area contributed by atoms with Crippen molar-refractivity contribution in [3.05, 3.63) is 43.1 Å². The third-order valence-electron chi connectivity index (χ3n) is 3.01. The van der Waals surface area contributed by atoms with Crippen LogP contribution < -0.4 is 5.32 Å². The van der Waals surface area contributed by atoms with E-state index in [1.165, 1.54) is 11.5 Å². The molecule has 0 saturated heterocycles. The number of carbonyl (C=O) groups excluding carboxylic acids is 1. The van der Waals surface area contributed by atoms with Crippen LogP contribution in [0.4, 0.5) is 5.69 Å². The number of aromatic nitrogens is 1. The molecule has 0 aliphatic carbocycles. The van der Waals surface area contributed by atoms with Gasteiger partial charge in [-0.2, -0.15) is 0 Å². The monoisotopic (exact) mass is 257 g/mol. The molecule has 0 saturated carbocycles. The van der Waals surface area contributed by atoms with Gasteiger partial charge in [-0.1, -0.05) is 12.6 Å². The molecule has 0 atom stereocenters. The minimum atomic E-state index is -0.189. The zero-order valence-electron chi connectivity index (χ0n) is 11.4. The Balaban J connectivity index is 2.26. The molecule has 2 rings (SSSR count). The number of hydrogen-bond donors (Lipinski definition) is 1. The molecule has 0 fully saturated rings. The van der Waals surface area contributed by atoms with E-state index in [4.69, 9.17) is 0 Å². The Morgan fingerprint density at radius 1 is 1.42 bits per heavy atom. The molecule has 0 spiro atoms. The van der Waals surface area contributed by atoms with E-state index in [2.05, 4.69) is 47.7 Å². The maximum atomic E-state index is 11.3. The molecule has 0 aliphatic heterocycles. The van der Waals surface area contributed by atoms with Crippen molar-refractivity contribution < 1.29 is 4.79 Å². The number of nitrogens with zero attached hydrogens (tertiary/aromatic N) is 2. The van der Waals surface area contributed by atoms with Crippen molar-refractivity contribution in [1.82, 2.24) is 9.47 Å². The van der Waals surface area contributed by atoms with Gasteiger partial charge in [-0.15, -0.1) is 0 Å². The van der Waals surface area contributed by atoms with Crippen molar-refractivity contribution >= 4 is 22.5 Å². The summed E-state index contributed by atoms with van der Waals surface area (Å²) in [6.45, 7) is 5.36. The first-order valence-electron chi connectivity index (χ1n) is 6.27. The van der Waals surface area contributed by atoms with Gasteiger partial charge in [0, 0.05) is 25.0 Å². The Morgan fingerprint density at radius 3 is 2.89 bits per heavy atom. The van der Waals surface area contributed by atoms with Gasteiger partial charge in [0.2, 0.25) is 5.91 Å². The van der Waals surface area contributed by atoms with Crippen molar-refractivity contribution in [3.63, 3.8) is 0 Å². The van der Waals surface area contributed by atoms with Gasteiger partial charge in [-0.25, -0.2) is 0 Å². The van der Waals surface area contributed by atoms with Gasteiger partial charge in [-0.3, -0.25) is 4.79 Å². The van der Waals surface area contributed by atoms with Gasteiger partial charge < -0.3 is 14.8 Å². The third kappa shape index (κ3) is 3.23. The van der Waals surface area contributed by atoms with E-state index in [9.17, 15) is 4.79 Å². The van der Waals surface area contributed by atoms with Gasteiger partial charge in [0.25, 0.3) is 0 Å². The summed E-state index contributed by atoms with van der Waals surface area (Å²) in [7, 11) is 4.11. The Bertz CT molecular complexity index is 598. The highest BCUT2D eigenvalue weighted by Gasteiger charge is 2.04. The summed E-state index contributed by atoms with van der Waals surface area (Å²) in [6.07, 6.45) is 3.35. The van der Waals surface area contributed by atoms with Crippen molar-refractivity contribution in [3.8, 4) is 0 Å². The number of benzene rings is 1. The fourth-order valence-electron chi connectivity index (χ4n) is 1.96. The molecule has 1 aromatic carbocycles. The molecule has 4 nitrogen and oxygen atoms in total. The molecule has 2 aromatic rings. The lowest BCUT2D eigenvalue weighted by Gasteiger charge is -2.11. The minimum Gasteiger partial charge on any atom is -0.346 e. The van der Waals surface area contributed by atoms with Crippen LogP contribution in [0.25, 0.3) is 10.9 Å². The van der Waals surface area contributed by atoms with Crippen LogP contribution in [0.1, 0.15) is 0 Å². The highest BCUT2D eigenvalue weighted by atomic mass is 16.1. The SMILES string of the molecule is C=CC(=O)Nc1ccc2ccn(CCN(C)C)c2c1.